The van der Waals surface area contributed by atoms with Crippen molar-refractivity contribution in [3.8, 4) is 5.75 Å². The summed E-state index contributed by atoms with van der Waals surface area (Å²) in [5.74, 6) is 1.84. The first-order valence-corrected chi connectivity index (χ1v) is 11.8. The summed E-state index contributed by atoms with van der Waals surface area (Å²) in [7, 11) is 0. The highest BCUT2D eigenvalue weighted by atomic mass is 79.9. The van der Waals surface area contributed by atoms with E-state index in [1.54, 1.807) is 42.5 Å². The lowest BCUT2D eigenvalue weighted by Crippen LogP contribution is -2.37. The predicted molar refractivity (Wildman–Crippen MR) is 128 cm³/mol. The number of ether oxygens (including phenoxy) is 1. The average Bonchev–Trinajstić information content (AvgIpc) is 2.75. The third kappa shape index (κ3) is 6.57. The zero-order chi connectivity index (χ0) is 22.4. The molecule has 3 rings (SSSR count). The zero-order valence-corrected chi connectivity index (χ0v) is 20.1. The second-order valence-electron chi connectivity index (χ2n) is 8.68. The highest BCUT2D eigenvalue weighted by molar-refractivity contribution is 9.10. The molecule has 0 atom stereocenters. The van der Waals surface area contributed by atoms with Crippen molar-refractivity contribution in [2.75, 3.05) is 25.0 Å². The van der Waals surface area contributed by atoms with E-state index in [1.165, 1.54) is 0 Å². The number of hydrogen-bond acceptors (Lipinski definition) is 3. The summed E-state index contributed by atoms with van der Waals surface area (Å²) in [5.41, 5.74) is 1.84. The van der Waals surface area contributed by atoms with Crippen LogP contribution in [-0.4, -0.2) is 36.4 Å². The van der Waals surface area contributed by atoms with Gasteiger partial charge in [-0.15, -0.1) is 0 Å². The second kappa shape index (κ2) is 10.8. The minimum atomic E-state index is -0.210. The Labute approximate surface area is 193 Å². The van der Waals surface area contributed by atoms with Crippen LogP contribution >= 0.6 is 15.9 Å². The molecular formula is C25H31BrN2O3. The number of carbonyl (C=O) groups excluding carboxylic acids is 2. The standard InChI is InChI=1S/C25H31BrN2O3/c1-17(2)12-15-31-23-9-6-20(16-22(23)26)24(29)27-21-7-4-19(5-8-21)25(30)28-13-10-18(3)11-14-28/h4-9,16-18H,10-15H2,1-3H3,(H,27,29). The number of nitrogens with zero attached hydrogens (tertiary/aromatic N) is 1. The van der Waals surface area contributed by atoms with Gasteiger partial charge in [-0.25, -0.2) is 0 Å². The van der Waals surface area contributed by atoms with Crippen LogP contribution in [0, 0.1) is 11.8 Å². The third-order valence-corrected chi connectivity index (χ3v) is 6.23. The van der Waals surface area contributed by atoms with Gasteiger partial charge in [-0.1, -0.05) is 20.8 Å². The summed E-state index contributed by atoms with van der Waals surface area (Å²) in [4.78, 5) is 27.2. The number of likely N-dealkylation sites (tertiary alicyclic amines) is 1. The second-order valence-corrected chi connectivity index (χ2v) is 9.54. The number of anilines is 1. The van der Waals surface area contributed by atoms with Crippen molar-refractivity contribution in [3.05, 3.63) is 58.1 Å². The highest BCUT2D eigenvalue weighted by Crippen LogP contribution is 2.27. The Morgan fingerprint density at radius 1 is 1.10 bits per heavy atom. The molecule has 0 saturated carbocycles. The third-order valence-electron chi connectivity index (χ3n) is 5.61. The van der Waals surface area contributed by atoms with Crippen LogP contribution in [0.15, 0.2) is 46.9 Å². The van der Waals surface area contributed by atoms with Gasteiger partial charge in [0.25, 0.3) is 11.8 Å². The van der Waals surface area contributed by atoms with Crippen molar-refractivity contribution in [2.45, 2.75) is 40.0 Å². The Morgan fingerprint density at radius 2 is 1.74 bits per heavy atom. The molecule has 1 aliphatic heterocycles. The summed E-state index contributed by atoms with van der Waals surface area (Å²) < 4.78 is 6.53. The van der Waals surface area contributed by atoms with Crippen molar-refractivity contribution in [1.29, 1.82) is 0 Å². The molecule has 5 nitrogen and oxygen atoms in total. The number of carbonyl (C=O) groups is 2. The van der Waals surface area contributed by atoms with Crippen LogP contribution in [0.2, 0.25) is 0 Å². The van der Waals surface area contributed by atoms with Gasteiger partial charge in [0.1, 0.15) is 5.75 Å². The molecule has 6 heteroatoms. The number of amides is 2. The lowest BCUT2D eigenvalue weighted by molar-refractivity contribution is 0.0697. The average molecular weight is 487 g/mol. The summed E-state index contributed by atoms with van der Waals surface area (Å²) in [6.45, 7) is 8.80. The van der Waals surface area contributed by atoms with Crippen molar-refractivity contribution < 1.29 is 14.3 Å². The molecule has 0 bridgehead atoms. The Hall–Kier alpha value is -2.34. The lowest BCUT2D eigenvalue weighted by atomic mass is 9.98. The Bertz CT molecular complexity index is 903. The summed E-state index contributed by atoms with van der Waals surface area (Å²) in [6.07, 6.45) is 3.08. The van der Waals surface area contributed by atoms with Crippen LogP contribution in [-0.2, 0) is 0 Å². The molecule has 0 spiro atoms. The molecule has 0 aromatic heterocycles. The maximum Gasteiger partial charge on any atom is 0.255 e. The quantitative estimate of drug-likeness (QED) is 0.521. The molecule has 2 aromatic rings. The number of piperidine rings is 1. The van der Waals surface area contributed by atoms with Crippen molar-refractivity contribution >= 4 is 33.4 Å². The molecule has 1 fully saturated rings. The maximum atomic E-state index is 12.7. The number of rotatable bonds is 7. The van der Waals surface area contributed by atoms with Gasteiger partial charge >= 0.3 is 0 Å². The van der Waals surface area contributed by atoms with Gasteiger partial charge in [0, 0.05) is 29.9 Å². The molecule has 0 radical (unpaired) electrons. The van der Waals surface area contributed by atoms with Crippen LogP contribution < -0.4 is 10.1 Å². The zero-order valence-electron chi connectivity index (χ0n) is 18.5. The molecule has 2 amide bonds. The van der Waals surface area contributed by atoms with E-state index in [4.69, 9.17) is 4.74 Å². The summed E-state index contributed by atoms with van der Waals surface area (Å²) in [5, 5.41) is 2.89. The molecule has 1 N–H and O–H groups in total. The fraction of sp³-hybridized carbons (Fsp3) is 0.440. The summed E-state index contributed by atoms with van der Waals surface area (Å²) in [6, 6.07) is 12.4. The normalized spacial score (nSPS) is 14.5. The number of nitrogens with one attached hydrogen (secondary N) is 1. The minimum absolute atomic E-state index is 0.0572. The Kier molecular flexibility index (Phi) is 8.13. The fourth-order valence-corrected chi connectivity index (χ4v) is 3.95. The van der Waals surface area contributed by atoms with E-state index in [-0.39, 0.29) is 11.8 Å². The lowest BCUT2D eigenvalue weighted by Gasteiger charge is -2.30. The van der Waals surface area contributed by atoms with Crippen LogP contribution in [0.5, 0.6) is 5.75 Å². The van der Waals surface area contributed by atoms with E-state index in [1.807, 2.05) is 4.90 Å². The van der Waals surface area contributed by atoms with Gasteiger partial charge in [0.15, 0.2) is 0 Å². The van der Waals surface area contributed by atoms with Gasteiger partial charge in [-0.05, 0) is 89.5 Å². The van der Waals surface area contributed by atoms with Gasteiger partial charge in [-0.3, -0.25) is 9.59 Å². The molecule has 0 unspecified atom stereocenters. The van der Waals surface area contributed by atoms with Crippen LogP contribution in [0.25, 0.3) is 0 Å². The van der Waals surface area contributed by atoms with Crippen molar-refractivity contribution in [1.82, 2.24) is 4.90 Å². The Balaban J connectivity index is 1.58. The molecular weight excluding hydrogens is 456 g/mol. The van der Waals surface area contributed by atoms with Gasteiger partial charge in [0.2, 0.25) is 0 Å². The van der Waals surface area contributed by atoms with E-state index in [9.17, 15) is 9.59 Å². The fourth-order valence-electron chi connectivity index (χ4n) is 3.46. The van der Waals surface area contributed by atoms with Gasteiger partial charge in [0.05, 0.1) is 11.1 Å². The summed E-state index contributed by atoms with van der Waals surface area (Å²) >= 11 is 3.49. The van der Waals surface area contributed by atoms with Crippen LogP contribution in [0.1, 0.15) is 60.7 Å². The van der Waals surface area contributed by atoms with Crippen molar-refractivity contribution in [3.63, 3.8) is 0 Å². The molecule has 1 saturated heterocycles. The maximum absolute atomic E-state index is 12.7. The minimum Gasteiger partial charge on any atom is -0.492 e. The van der Waals surface area contributed by atoms with E-state index in [0.717, 1.165) is 42.6 Å². The monoisotopic (exact) mass is 486 g/mol. The molecule has 31 heavy (non-hydrogen) atoms. The molecule has 1 heterocycles. The number of benzene rings is 2. The highest BCUT2D eigenvalue weighted by Gasteiger charge is 2.21. The SMILES string of the molecule is CC(C)CCOc1ccc(C(=O)Nc2ccc(C(=O)N3CCC(C)CC3)cc2)cc1Br. The van der Waals surface area contributed by atoms with E-state index in [0.29, 0.717) is 35.3 Å². The van der Waals surface area contributed by atoms with Crippen LogP contribution in [0.4, 0.5) is 5.69 Å². The number of hydrogen-bond donors (Lipinski definition) is 1. The van der Waals surface area contributed by atoms with E-state index in [2.05, 4.69) is 42.0 Å². The van der Waals surface area contributed by atoms with Crippen LogP contribution in [0.3, 0.4) is 0 Å². The largest absolute Gasteiger partial charge is 0.492 e. The molecule has 2 aromatic carbocycles. The van der Waals surface area contributed by atoms with Gasteiger partial charge in [-0.2, -0.15) is 0 Å². The predicted octanol–water partition coefficient (Wildman–Crippen LogP) is 6.00. The molecule has 166 valence electrons. The van der Waals surface area contributed by atoms with Gasteiger partial charge < -0.3 is 15.0 Å². The first-order valence-electron chi connectivity index (χ1n) is 11.0. The van der Waals surface area contributed by atoms with E-state index >= 15 is 0 Å². The first kappa shape index (κ1) is 23.3. The molecule has 0 aliphatic carbocycles. The van der Waals surface area contributed by atoms with Crippen molar-refractivity contribution in [2.24, 2.45) is 11.8 Å². The Morgan fingerprint density at radius 3 is 2.35 bits per heavy atom. The first-order chi connectivity index (χ1) is 14.8. The molecule has 1 aliphatic rings. The van der Waals surface area contributed by atoms with E-state index < -0.39 is 0 Å². The smallest absolute Gasteiger partial charge is 0.255 e. The topological polar surface area (TPSA) is 58.6 Å². The number of halogens is 1.